The molecular weight excluding hydrogens is 324 g/mol. The van der Waals surface area contributed by atoms with Gasteiger partial charge in [0.1, 0.15) is 5.75 Å². The van der Waals surface area contributed by atoms with E-state index in [1.807, 2.05) is 13.1 Å². The number of aryl methyl sites for hydroxylation is 1. The molecule has 1 aromatic heterocycles. The van der Waals surface area contributed by atoms with Gasteiger partial charge in [-0.15, -0.1) is 0 Å². The van der Waals surface area contributed by atoms with Gasteiger partial charge in [-0.25, -0.2) is 4.79 Å². The molecule has 0 saturated heterocycles. The molecule has 2 rings (SSSR count). The van der Waals surface area contributed by atoms with E-state index in [0.717, 1.165) is 22.7 Å². The minimum atomic E-state index is -0.982. The van der Waals surface area contributed by atoms with Gasteiger partial charge in [-0.05, 0) is 30.7 Å². The lowest BCUT2D eigenvalue weighted by atomic mass is 10.2. The number of hydrogen-bond donors (Lipinski definition) is 1. The van der Waals surface area contributed by atoms with Crippen LogP contribution < -0.4 is 4.74 Å². The zero-order chi connectivity index (χ0) is 14.5. The van der Waals surface area contributed by atoms with Crippen LogP contribution in [0.1, 0.15) is 12.5 Å². The van der Waals surface area contributed by atoms with Crippen LogP contribution in [0, 0.1) is 0 Å². The molecule has 0 unspecified atom stereocenters. The maximum atomic E-state index is 10.5. The lowest BCUT2D eigenvalue weighted by Gasteiger charge is -2.05. The maximum Gasteiger partial charge on any atom is 0.328 e. The maximum absolute atomic E-state index is 10.5. The van der Waals surface area contributed by atoms with E-state index in [4.69, 9.17) is 9.84 Å². The number of carboxylic acid groups (broad SMARTS) is 1. The highest BCUT2D eigenvalue weighted by Crippen LogP contribution is 2.27. The third-order valence-corrected chi connectivity index (χ3v) is 3.23. The Bertz CT molecular complexity index is 650. The third-order valence-electron chi connectivity index (χ3n) is 2.55. The van der Waals surface area contributed by atoms with E-state index in [0.29, 0.717) is 11.5 Å². The average molecular weight is 337 g/mol. The Labute approximate surface area is 124 Å². The first-order chi connectivity index (χ1) is 9.58. The van der Waals surface area contributed by atoms with E-state index >= 15 is 0 Å². The molecule has 0 fully saturated rings. The number of ether oxygens (including phenoxy) is 1. The number of nitrogens with zero attached hydrogens (tertiary/aromatic N) is 2. The first-order valence-corrected chi connectivity index (χ1v) is 6.78. The van der Waals surface area contributed by atoms with Crippen molar-refractivity contribution in [2.75, 3.05) is 0 Å². The van der Waals surface area contributed by atoms with E-state index in [2.05, 4.69) is 21.0 Å². The molecule has 0 bridgehead atoms. The Balaban J connectivity index is 2.14. The van der Waals surface area contributed by atoms with E-state index in [1.54, 1.807) is 29.1 Å². The molecule has 0 spiro atoms. The molecule has 0 aliphatic heterocycles. The number of aromatic nitrogens is 2. The molecule has 0 aliphatic carbocycles. The molecule has 2 aromatic rings. The van der Waals surface area contributed by atoms with Gasteiger partial charge in [0.05, 0.1) is 12.4 Å². The number of rotatable bonds is 5. The van der Waals surface area contributed by atoms with Crippen LogP contribution in [0.2, 0.25) is 0 Å². The Morgan fingerprint density at radius 1 is 1.50 bits per heavy atom. The van der Waals surface area contributed by atoms with E-state index in [9.17, 15) is 4.79 Å². The van der Waals surface area contributed by atoms with Crippen LogP contribution in [-0.2, 0) is 11.3 Å². The fourth-order valence-electron chi connectivity index (χ4n) is 1.57. The van der Waals surface area contributed by atoms with Gasteiger partial charge in [-0.2, -0.15) is 5.10 Å². The fraction of sp³-hybridized carbons (Fsp3) is 0.143. The van der Waals surface area contributed by atoms with Crippen LogP contribution in [-0.4, -0.2) is 20.9 Å². The van der Waals surface area contributed by atoms with Crippen molar-refractivity contribution in [2.45, 2.75) is 13.5 Å². The smallest absolute Gasteiger partial charge is 0.328 e. The molecule has 1 heterocycles. The van der Waals surface area contributed by atoms with E-state index < -0.39 is 5.97 Å². The SMILES string of the molecule is CCn1cc(Oc2ccc(/C=C/C(=O)O)c(Br)c2)cn1. The fourth-order valence-corrected chi connectivity index (χ4v) is 2.06. The van der Waals surface area contributed by atoms with Gasteiger partial charge in [-0.1, -0.05) is 22.0 Å². The van der Waals surface area contributed by atoms with Crippen LogP contribution >= 0.6 is 15.9 Å². The Hall–Kier alpha value is -2.08. The number of benzene rings is 1. The minimum Gasteiger partial charge on any atom is -0.478 e. The lowest BCUT2D eigenvalue weighted by Crippen LogP contribution is -1.92. The first kappa shape index (κ1) is 14.3. The number of aliphatic carboxylic acids is 1. The van der Waals surface area contributed by atoms with Gasteiger partial charge in [0, 0.05) is 17.1 Å². The summed E-state index contributed by atoms with van der Waals surface area (Å²) in [6.45, 7) is 2.78. The lowest BCUT2D eigenvalue weighted by molar-refractivity contribution is -0.131. The van der Waals surface area contributed by atoms with Crippen molar-refractivity contribution in [1.29, 1.82) is 0 Å². The van der Waals surface area contributed by atoms with Crippen LogP contribution in [0.15, 0.2) is 41.1 Å². The molecule has 6 heteroatoms. The highest BCUT2D eigenvalue weighted by Gasteiger charge is 2.04. The number of hydrogen-bond acceptors (Lipinski definition) is 3. The predicted octanol–water partition coefficient (Wildman–Crippen LogP) is 3.56. The average Bonchev–Trinajstić information content (AvgIpc) is 2.85. The summed E-state index contributed by atoms with van der Waals surface area (Å²) in [5.41, 5.74) is 0.768. The number of halogens is 1. The van der Waals surface area contributed by atoms with Crippen molar-refractivity contribution in [2.24, 2.45) is 0 Å². The standard InChI is InChI=1S/C14H13BrN2O3/c1-2-17-9-12(8-16-17)20-11-5-3-10(13(15)7-11)4-6-14(18)19/h3-9H,2H2,1H3,(H,18,19)/b6-4+. The molecule has 5 nitrogen and oxygen atoms in total. The van der Waals surface area contributed by atoms with Gasteiger partial charge in [0.2, 0.25) is 0 Å². The van der Waals surface area contributed by atoms with Gasteiger partial charge in [0.25, 0.3) is 0 Å². The quantitative estimate of drug-likeness (QED) is 0.848. The zero-order valence-electron chi connectivity index (χ0n) is 10.8. The summed E-state index contributed by atoms with van der Waals surface area (Å²) < 4.78 is 8.20. The van der Waals surface area contributed by atoms with Crippen molar-refractivity contribution in [3.63, 3.8) is 0 Å². The normalized spacial score (nSPS) is 10.9. The van der Waals surface area contributed by atoms with Gasteiger partial charge >= 0.3 is 5.97 Å². The van der Waals surface area contributed by atoms with Crippen LogP contribution in [0.25, 0.3) is 6.08 Å². The minimum absolute atomic E-state index is 0.653. The largest absolute Gasteiger partial charge is 0.478 e. The summed E-state index contributed by atoms with van der Waals surface area (Å²) in [5, 5.41) is 12.7. The molecule has 0 aliphatic rings. The van der Waals surface area contributed by atoms with Crippen molar-refractivity contribution in [1.82, 2.24) is 9.78 Å². The summed E-state index contributed by atoms with van der Waals surface area (Å²) >= 11 is 3.38. The summed E-state index contributed by atoms with van der Waals surface area (Å²) in [6, 6.07) is 5.34. The highest BCUT2D eigenvalue weighted by molar-refractivity contribution is 9.10. The van der Waals surface area contributed by atoms with Gasteiger partial charge in [-0.3, -0.25) is 4.68 Å². The number of carbonyl (C=O) groups is 1. The van der Waals surface area contributed by atoms with Crippen molar-refractivity contribution in [3.05, 3.63) is 46.7 Å². The molecule has 0 radical (unpaired) electrons. The predicted molar refractivity (Wildman–Crippen MR) is 78.8 cm³/mol. The highest BCUT2D eigenvalue weighted by atomic mass is 79.9. The van der Waals surface area contributed by atoms with Crippen LogP contribution in [0.5, 0.6) is 11.5 Å². The first-order valence-electron chi connectivity index (χ1n) is 5.99. The van der Waals surface area contributed by atoms with Gasteiger partial charge < -0.3 is 9.84 Å². The number of carboxylic acids is 1. The summed E-state index contributed by atoms with van der Waals surface area (Å²) in [7, 11) is 0. The summed E-state index contributed by atoms with van der Waals surface area (Å²) in [4.78, 5) is 10.5. The zero-order valence-corrected chi connectivity index (χ0v) is 12.4. The van der Waals surface area contributed by atoms with Crippen molar-refractivity contribution in [3.8, 4) is 11.5 Å². The molecule has 104 valence electrons. The van der Waals surface area contributed by atoms with Crippen molar-refractivity contribution >= 4 is 28.0 Å². The molecule has 20 heavy (non-hydrogen) atoms. The second-order valence-corrected chi connectivity index (χ2v) is 4.84. The Kier molecular flexibility index (Phi) is 4.57. The molecule has 1 N–H and O–H groups in total. The van der Waals surface area contributed by atoms with Crippen LogP contribution in [0.4, 0.5) is 0 Å². The molecular formula is C14H13BrN2O3. The van der Waals surface area contributed by atoms with E-state index in [1.165, 1.54) is 6.08 Å². The summed E-state index contributed by atoms with van der Waals surface area (Å²) in [6.07, 6.45) is 6.07. The third kappa shape index (κ3) is 3.71. The molecule has 1 aromatic carbocycles. The Morgan fingerprint density at radius 3 is 2.90 bits per heavy atom. The second kappa shape index (κ2) is 6.38. The summed E-state index contributed by atoms with van der Waals surface area (Å²) in [5.74, 6) is 0.330. The Morgan fingerprint density at radius 2 is 2.30 bits per heavy atom. The second-order valence-electron chi connectivity index (χ2n) is 3.99. The molecule has 0 saturated carbocycles. The van der Waals surface area contributed by atoms with Crippen molar-refractivity contribution < 1.29 is 14.6 Å². The van der Waals surface area contributed by atoms with E-state index in [-0.39, 0.29) is 0 Å². The molecule has 0 amide bonds. The van der Waals surface area contributed by atoms with Gasteiger partial charge in [0.15, 0.2) is 5.75 Å². The van der Waals surface area contributed by atoms with Crippen LogP contribution in [0.3, 0.4) is 0 Å². The topological polar surface area (TPSA) is 64.3 Å². The monoisotopic (exact) mass is 336 g/mol. The molecule has 0 atom stereocenters.